The van der Waals surface area contributed by atoms with E-state index in [9.17, 15) is 0 Å². The van der Waals surface area contributed by atoms with E-state index in [1.54, 1.807) is 0 Å². The van der Waals surface area contributed by atoms with Gasteiger partial charge in [-0.1, -0.05) is 60.7 Å². The Bertz CT molecular complexity index is 723. The first-order valence-corrected chi connectivity index (χ1v) is 8.20. The van der Waals surface area contributed by atoms with Crippen LogP contribution in [-0.2, 0) is 4.74 Å². The summed E-state index contributed by atoms with van der Waals surface area (Å²) in [5.41, 5.74) is 6.37. The van der Waals surface area contributed by atoms with Crippen molar-refractivity contribution in [3.8, 4) is 0 Å². The fourth-order valence-electron chi connectivity index (χ4n) is 3.38. The third kappa shape index (κ3) is 2.88. The van der Waals surface area contributed by atoms with E-state index >= 15 is 0 Å². The minimum absolute atomic E-state index is 0.142. The second-order valence-electron chi connectivity index (χ2n) is 6.26. The summed E-state index contributed by atoms with van der Waals surface area (Å²) in [7, 11) is 2.16. The number of hydrogen-bond acceptors (Lipinski definition) is 2. The number of rotatable bonds is 1. The van der Waals surface area contributed by atoms with E-state index in [0.29, 0.717) is 0 Å². The second-order valence-corrected chi connectivity index (χ2v) is 6.26. The van der Waals surface area contributed by atoms with Gasteiger partial charge in [0.25, 0.3) is 0 Å². The fourth-order valence-corrected chi connectivity index (χ4v) is 3.38. The molecule has 1 saturated heterocycles. The van der Waals surface area contributed by atoms with Crippen molar-refractivity contribution in [1.29, 1.82) is 0 Å². The van der Waals surface area contributed by atoms with E-state index in [4.69, 9.17) is 4.74 Å². The highest BCUT2D eigenvalue weighted by Gasteiger charge is 2.20. The van der Waals surface area contributed by atoms with Crippen LogP contribution in [0.15, 0.2) is 54.6 Å². The van der Waals surface area contributed by atoms with Gasteiger partial charge in [-0.15, -0.1) is 0 Å². The first-order chi connectivity index (χ1) is 11.3. The normalized spacial score (nSPS) is 20.6. The third-order valence-corrected chi connectivity index (χ3v) is 4.59. The molecule has 0 N–H and O–H groups in total. The topological polar surface area (TPSA) is 12.5 Å². The third-order valence-electron chi connectivity index (χ3n) is 4.59. The Morgan fingerprint density at radius 2 is 1.57 bits per heavy atom. The number of fused-ring (bicyclic) bond motifs is 2. The van der Waals surface area contributed by atoms with Gasteiger partial charge in [-0.05, 0) is 41.0 Å². The summed E-state index contributed by atoms with van der Waals surface area (Å²) < 4.78 is 5.98. The fraction of sp³-hybridized carbons (Fsp3) is 0.238. The Kier molecular flexibility index (Phi) is 3.86. The smallest absolute Gasteiger partial charge is 0.0892 e. The lowest BCUT2D eigenvalue weighted by molar-refractivity contribution is 0.00724. The molecule has 1 unspecified atom stereocenters. The Hall–Kier alpha value is -2.16. The molecule has 0 radical (unpaired) electrons. The molecule has 116 valence electrons. The van der Waals surface area contributed by atoms with E-state index in [-0.39, 0.29) is 6.10 Å². The van der Waals surface area contributed by atoms with E-state index in [2.05, 4.69) is 78.7 Å². The second kappa shape index (κ2) is 6.15. The van der Waals surface area contributed by atoms with Crippen LogP contribution in [0.1, 0.15) is 22.3 Å². The lowest BCUT2D eigenvalue weighted by atomic mass is 9.92. The summed E-state index contributed by atoms with van der Waals surface area (Å²) in [5.74, 6) is 0. The Balaban J connectivity index is 1.85. The molecule has 1 aliphatic carbocycles. The van der Waals surface area contributed by atoms with Crippen molar-refractivity contribution in [3.05, 3.63) is 76.9 Å². The monoisotopic (exact) mass is 303 g/mol. The predicted molar refractivity (Wildman–Crippen MR) is 96.1 cm³/mol. The van der Waals surface area contributed by atoms with Gasteiger partial charge in [0.2, 0.25) is 0 Å². The van der Waals surface area contributed by atoms with Gasteiger partial charge < -0.3 is 9.64 Å². The van der Waals surface area contributed by atoms with Crippen molar-refractivity contribution >= 4 is 17.7 Å². The maximum Gasteiger partial charge on any atom is 0.0892 e. The average molecular weight is 303 g/mol. The minimum atomic E-state index is 0.142. The zero-order valence-corrected chi connectivity index (χ0v) is 13.4. The highest BCUT2D eigenvalue weighted by atomic mass is 16.5. The van der Waals surface area contributed by atoms with Gasteiger partial charge in [-0.2, -0.15) is 0 Å². The van der Waals surface area contributed by atoms with Crippen molar-refractivity contribution in [3.63, 3.8) is 0 Å². The van der Waals surface area contributed by atoms with Crippen LogP contribution in [0.3, 0.4) is 0 Å². The summed E-state index contributed by atoms with van der Waals surface area (Å²) in [4.78, 5) is 2.33. The quantitative estimate of drug-likeness (QED) is 0.675. The maximum atomic E-state index is 5.98. The van der Waals surface area contributed by atoms with Crippen molar-refractivity contribution in [2.75, 3.05) is 26.7 Å². The number of likely N-dealkylation sites (N-methyl/N-ethyl adjacent to an activating group) is 1. The van der Waals surface area contributed by atoms with Gasteiger partial charge >= 0.3 is 0 Å². The lowest BCUT2D eigenvalue weighted by Crippen LogP contribution is -2.39. The van der Waals surface area contributed by atoms with Crippen molar-refractivity contribution in [2.24, 2.45) is 0 Å². The van der Waals surface area contributed by atoms with Gasteiger partial charge in [0, 0.05) is 13.1 Å². The van der Waals surface area contributed by atoms with E-state index in [0.717, 1.165) is 19.7 Å². The summed E-state index contributed by atoms with van der Waals surface area (Å²) in [6, 6.07) is 17.2. The Morgan fingerprint density at radius 1 is 0.957 bits per heavy atom. The molecule has 2 aromatic rings. The summed E-state index contributed by atoms with van der Waals surface area (Å²) >= 11 is 0. The molecule has 0 aromatic heterocycles. The molecule has 2 aliphatic rings. The van der Waals surface area contributed by atoms with E-state index in [1.165, 1.54) is 27.8 Å². The zero-order chi connectivity index (χ0) is 15.6. The molecule has 1 heterocycles. The van der Waals surface area contributed by atoms with Crippen molar-refractivity contribution in [1.82, 2.24) is 4.90 Å². The number of ether oxygens (including phenoxy) is 1. The van der Waals surface area contributed by atoms with Crippen LogP contribution in [-0.4, -0.2) is 37.7 Å². The molecule has 1 fully saturated rings. The number of morpholine rings is 1. The zero-order valence-electron chi connectivity index (χ0n) is 13.4. The molecule has 0 bridgehead atoms. The SMILES string of the molecule is CN1CCOC(C=C2c3ccccc3C=Cc3ccccc32)C1. The Labute approximate surface area is 137 Å². The molecule has 1 aliphatic heterocycles. The van der Waals surface area contributed by atoms with Crippen molar-refractivity contribution < 1.29 is 4.74 Å². The minimum Gasteiger partial charge on any atom is -0.371 e. The van der Waals surface area contributed by atoms with Gasteiger partial charge in [0.1, 0.15) is 0 Å². The molecule has 0 saturated carbocycles. The number of hydrogen-bond donors (Lipinski definition) is 0. The highest BCUT2D eigenvalue weighted by Crippen LogP contribution is 2.34. The van der Waals surface area contributed by atoms with E-state index in [1.807, 2.05) is 0 Å². The largest absolute Gasteiger partial charge is 0.371 e. The molecular formula is C21H21NO. The van der Waals surface area contributed by atoms with Gasteiger partial charge in [0.05, 0.1) is 12.7 Å². The van der Waals surface area contributed by atoms with Gasteiger partial charge in [0.15, 0.2) is 0 Å². The average Bonchev–Trinajstić information content (AvgIpc) is 2.73. The molecule has 2 nitrogen and oxygen atoms in total. The van der Waals surface area contributed by atoms with Crippen LogP contribution in [0, 0.1) is 0 Å². The van der Waals surface area contributed by atoms with Gasteiger partial charge in [-0.3, -0.25) is 0 Å². The van der Waals surface area contributed by atoms with Crippen molar-refractivity contribution in [2.45, 2.75) is 6.10 Å². The highest BCUT2D eigenvalue weighted by molar-refractivity contribution is 5.93. The first kappa shape index (κ1) is 14.4. The molecule has 2 heteroatoms. The molecule has 4 rings (SSSR count). The Morgan fingerprint density at radius 3 is 2.17 bits per heavy atom. The summed E-state index contributed by atoms with van der Waals surface area (Å²) in [6.45, 7) is 2.75. The van der Waals surface area contributed by atoms with Crippen LogP contribution in [0.5, 0.6) is 0 Å². The molecule has 0 spiro atoms. The van der Waals surface area contributed by atoms with Crippen LogP contribution in [0.2, 0.25) is 0 Å². The molecular weight excluding hydrogens is 282 g/mol. The summed E-state index contributed by atoms with van der Waals surface area (Å²) in [6.07, 6.45) is 6.87. The molecule has 0 amide bonds. The van der Waals surface area contributed by atoms with Crippen LogP contribution < -0.4 is 0 Å². The summed E-state index contributed by atoms with van der Waals surface area (Å²) in [5, 5.41) is 0. The first-order valence-electron chi connectivity index (χ1n) is 8.20. The standard InChI is InChI=1S/C21H21NO/c1-22-12-13-23-18(15-22)14-21-19-8-4-2-6-16(19)10-11-17-7-3-5-9-20(17)21/h2-11,14,18H,12-13,15H2,1H3. The van der Waals surface area contributed by atoms with E-state index < -0.39 is 0 Å². The molecule has 2 aromatic carbocycles. The molecule has 23 heavy (non-hydrogen) atoms. The number of benzene rings is 2. The number of nitrogens with zero attached hydrogens (tertiary/aromatic N) is 1. The van der Waals surface area contributed by atoms with Crippen LogP contribution in [0.25, 0.3) is 17.7 Å². The molecule has 1 atom stereocenters. The predicted octanol–water partition coefficient (Wildman–Crippen LogP) is 3.93. The lowest BCUT2D eigenvalue weighted by Gasteiger charge is -2.29. The maximum absolute atomic E-state index is 5.98. The van der Waals surface area contributed by atoms with Gasteiger partial charge in [-0.25, -0.2) is 0 Å². The van der Waals surface area contributed by atoms with Crippen LogP contribution >= 0.6 is 0 Å². The van der Waals surface area contributed by atoms with Crippen LogP contribution in [0.4, 0.5) is 0 Å².